The molecule has 2 N–H and O–H groups in total. The molecule has 0 fully saturated rings. The Balaban J connectivity index is 2.94. The summed E-state index contributed by atoms with van der Waals surface area (Å²) >= 11 is 0. The molecule has 0 aliphatic heterocycles. The molecular weight excluding hydrogens is 235 g/mol. The van der Waals surface area contributed by atoms with E-state index in [4.69, 9.17) is 5.11 Å². The van der Waals surface area contributed by atoms with Crippen LogP contribution in [0.5, 0.6) is 0 Å². The van der Waals surface area contributed by atoms with Crippen LogP contribution in [-0.4, -0.2) is 42.7 Å². The van der Waals surface area contributed by atoms with Gasteiger partial charge in [0.15, 0.2) is 0 Å². The number of amides is 1. The minimum Gasteiger partial charge on any atom is -0.396 e. The fraction of sp³-hybridized carbons (Fsp3) is 0.462. The van der Waals surface area contributed by atoms with Crippen molar-refractivity contribution in [2.24, 2.45) is 0 Å². The molecule has 0 heterocycles. The molecule has 0 aliphatic rings. The number of nitrogens with zero attached hydrogens (tertiary/aromatic N) is 1. The van der Waals surface area contributed by atoms with E-state index in [1.165, 1.54) is 17.0 Å². The maximum absolute atomic E-state index is 13.6. The van der Waals surface area contributed by atoms with E-state index in [1.54, 1.807) is 13.1 Å². The first kappa shape index (κ1) is 14.4. The number of hydrogen-bond acceptors (Lipinski definition) is 3. The molecule has 0 spiro atoms. The van der Waals surface area contributed by atoms with Crippen LogP contribution < -0.4 is 5.32 Å². The fourth-order valence-electron chi connectivity index (χ4n) is 1.67. The van der Waals surface area contributed by atoms with Gasteiger partial charge in [0.05, 0.1) is 11.3 Å². The summed E-state index contributed by atoms with van der Waals surface area (Å²) in [4.78, 5) is 13.6. The Morgan fingerprint density at radius 3 is 2.83 bits per heavy atom. The minimum absolute atomic E-state index is 0.0286. The second-order valence-corrected chi connectivity index (χ2v) is 4.00. The highest BCUT2D eigenvalue weighted by Gasteiger charge is 2.17. The van der Waals surface area contributed by atoms with Crippen molar-refractivity contribution >= 4 is 11.6 Å². The summed E-state index contributed by atoms with van der Waals surface area (Å²) in [6.07, 6.45) is 0.508. The van der Waals surface area contributed by atoms with Crippen LogP contribution in [0.1, 0.15) is 23.7 Å². The number of halogens is 1. The van der Waals surface area contributed by atoms with E-state index in [-0.39, 0.29) is 18.2 Å². The van der Waals surface area contributed by atoms with Gasteiger partial charge in [-0.15, -0.1) is 0 Å². The lowest BCUT2D eigenvalue weighted by molar-refractivity contribution is 0.0787. The highest BCUT2D eigenvalue weighted by atomic mass is 19.1. The van der Waals surface area contributed by atoms with E-state index >= 15 is 0 Å². The number of anilines is 1. The van der Waals surface area contributed by atoms with Crippen molar-refractivity contribution in [2.75, 3.05) is 32.1 Å². The minimum atomic E-state index is -0.432. The third-order valence-corrected chi connectivity index (χ3v) is 2.60. The number of benzene rings is 1. The van der Waals surface area contributed by atoms with Gasteiger partial charge in [0.1, 0.15) is 5.82 Å². The highest BCUT2D eigenvalue weighted by molar-refractivity contribution is 5.99. The Labute approximate surface area is 106 Å². The molecule has 0 bridgehead atoms. The van der Waals surface area contributed by atoms with E-state index in [0.29, 0.717) is 25.1 Å². The van der Waals surface area contributed by atoms with Crippen molar-refractivity contribution in [2.45, 2.75) is 13.3 Å². The highest BCUT2D eigenvalue weighted by Crippen LogP contribution is 2.21. The molecule has 1 rings (SSSR count). The van der Waals surface area contributed by atoms with Gasteiger partial charge in [-0.3, -0.25) is 4.79 Å². The van der Waals surface area contributed by atoms with Gasteiger partial charge in [-0.2, -0.15) is 0 Å². The van der Waals surface area contributed by atoms with Gasteiger partial charge in [0.25, 0.3) is 5.91 Å². The second-order valence-electron chi connectivity index (χ2n) is 4.00. The largest absolute Gasteiger partial charge is 0.396 e. The zero-order chi connectivity index (χ0) is 13.5. The molecule has 0 saturated heterocycles. The summed E-state index contributed by atoms with van der Waals surface area (Å²) in [5.74, 6) is -0.683. The van der Waals surface area contributed by atoms with Crippen LogP contribution in [0, 0.1) is 5.82 Å². The zero-order valence-electron chi connectivity index (χ0n) is 10.7. The monoisotopic (exact) mass is 254 g/mol. The molecule has 5 heteroatoms. The van der Waals surface area contributed by atoms with Crippen LogP contribution >= 0.6 is 0 Å². The van der Waals surface area contributed by atoms with E-state index in [1.807, 2.05) is 6.92 Å². The maximum atomic E-state index is 13.6. The third-order valence-electron chi connectivity index (χ3n) is 2.60. The molecule has 18 heavy (non-hydrogen) atoms. The Hall–Kier alpha value is -1.62. The molecule has 0 atom stereocenters. The summed E-state index contributed by atoms with van der Waals surface area (Å²) < 4.78 is 13.6. The molecule has 0 saturated carbocycles. The number of carbonyl (C=O) groups is 1. The van der Waals surface area contributed by atoms with Crippen LogP contribution in [0.3, 0.4) is 0 Å². The summed E-state index contributed by atoms with van der Waals surface area (Å²) in [6.45, 7) is 2.86. The number of aliphatic hydroxyl groups excluding tert-OH is 1. The van der Waals surface area contributed by atoms with Gasteiger partial charge in [0.2, 0.25) is 0 Å². The third kappa shape index (κ3) is 3.43. The van der Waals surface area contributed by atoms with Gasteiger partial charge >= 0.3 is 0 Å². The summed E-state index contributed by atoms with van der Waals surface area (Å²) in [5.41, 5.74) is 0.554. The van der Waals surface area contributed by atoms with Crippen LogP contribution in [0.4, 0.5) is 10.1 Å². The fourth-order valence-corrected chi connectivity index (χ4v) is 1.67. The number of hydrogen-bond donors (Lipinski definition) is 2. The Morgan fingerprint density at radius 2 is 2.22 bits per heavy atom. The van der Waals surface area contributed by atoms with Gasteiger partial charge in [-0.25, -0.2) is 4.39 Å². The van der Waals surface area contributed by atoms with E-state index in [0.717, 1.165) is 0 Å². The number of nitrogens with one attached hydrogen (secondary N) is 1. The SMILES string of the molecule is CCNc1c(F)cccc1C(=O)N(C)CCCO. The van der Waals surface area contributed by atoms with Gasteiger partial charge in [-0.1, -0.05) is 6.07 Å². The number of aliphatic hydroxyl groups is 1. The van der Waals surface area contributed by atoms with E-state index < -0.39 is 5.82 Å². The first-order valence-corrected chi connectivity index (χ1v) is 6.00. The molecule has 0 aliphatic carbocycles. The topological polar surface area (TPSA) is 52.6 Å². The molecule has 0 unspecified atom stereocenters. The molecule has 0 radical (unpaired) electrons. The second kappa shape index (κ2) is 6.96. The van der Waals surface area contributed by atoms with Crippen LogP contribution in [0.15, 0.2) is 18.2 Å². The number of para-hydroxylation sites is 1. The molecule has 100 valence electrons. The average Bonchev–Trinajstić information content (AvgIpc) is 2.37. The summed E-state index contributed by atoms with van der Waals surface area (Å²) in [5, 5.41) is 11.6. The molecule has 4 nitrogen and oxygen atoms in total. The van der Waals surface area contributed by atoms with Crippen molar-refractivity contribution in [1.29, 1.82) is 0 Å². The molecule has 1 aromatic carbocycles. The quantitative estimate of drug-likeness (QED) is 0.812. The van der Waals surface area contributed by atoms with Crippen molar-refractivity contribution in [3.8, 4) is 0 Å². The predicted octanol–water partition coefficient (Wildman–Crippen LogP) is 1.71. The van der Waals surface area contributed by atoms with Crippen LogP contribution in [-0.2, 0) is 0 Å². The first-order chi connectivity index (χ1) is 8.61. The van der Waals surface area contributed by atoms with Crippen molar-refractivity contribution in [3.63, 3.8) is 0 Å². The standard InChI is InChI=1S/C13H19FN2O2/c1-3-15-12-10(6-4-7-11(12)14)13(18)16(2)8-5-9-17/h4,6-7,15,17H,3,5,8-9H2,1-2H3. The Morgan fingerprint density at radius 1 is 1.50 bits per heavy atom. The smallest absolute Gasteiger partial charge is 0.255 e. The molecule has 1 aromatic rings. The Bertz CT molecular complexity index is 410. The zero-order valence-corrected chi connectivity index (χ0v) is 10.7. The lowest BCUT2D eigenvalue weighted by Crippen LogP contribution is -2.29. The van der Waals surface area contributed by atoms with Gasteiger partial charge in [0, 0.05) is 26.7 Å². The Kier molecular flexibility index (Phi) is 5.58. The number of carbonyl (C=O) groups excluding carboxylic acids is 1. The molecule has 0 aromatic heterocycles. The molecular formula is C13H19FN2O2. The van der Waals surface area contributed by atoms with Crippen molar-refractivity contribution in [3.05, 3.63) is 29.6 Å². The van der Waals surface area contributed by atoms with Gasteiger partial charge in [-0.05, 0) is 25.5 Å². The lowest BCUT2D eigenvalue weighted by atomic mass is 10.1. The van der Waals surface area contributed by atoms with Crippen molar-refractivity contribution < 1.29 is 14.3 Å². The normalized spacial score (nSPS) is 10.2. The summed E-state index contributed by atoms with van der Waals surface area (Å²) in [6, 6.07) is 4.44. The predicted molar refractivity (Wildman–Crippen MR) is 69.2 cm³/mol. The maximum Gasteiger partial charge on any atom is 0.255 e. The molecule has 1 amide bonds. The van der Waals surface area contributed by atoms with Crippen molar-refractivity contribution in [1.82, 2.24) is 4.90 Å². The van der Waals surface area contributed by atoms with Crippen LogP contribution in [0.25, 0.3) is 0 Å². The van der Waals surface area contributed by atoms with Gasteiger partial charge < -0.3 is 15.3 Å². The average molecular weight is 254 g/mol. The first-order valence-electron chi connectivity index (χ1n) is 6.00. The van der Waals surface area contributed by atoms with E-state index in [9.17, 15) is 9.18 Å². The lowest BCUT2D eigenvalue weighted by Gasteiger charge is -2.19. The van der Waals surface area contributed by atoms with E-state index in [2.05, 4.69) is 5.32 Å². The summed E-state index contributed by atoms with van der Waals surface area (Å²) in [7, 11) is 1.64. The number of rotatable bonds is 6. The van der Waals surface area contributed by atoms with Crippen LogP contribution in [0.2, 0.25) is 0 Å².